The van der Waals surface area contributed by atoms with E-state index >= 15 is 0 Å². The average molecular weight is 249 g/mol. The molecule has 0 aromatic rings. The van der Waals surface area contributed by atoms with Gasteiger partial charge in [0.05, 0.1) is 11.4 Å². The van der Waals surface area contributed by atoms with Gasteiger partial charge in [-0.15, -0.1) is 0 Å². The standard InChI is InChI=1S/C14H23N3O/c1-12-7-16-9-13(2,11(12)15-18)10-17(8-12)14(16)5-3-4-6-14/h18H,3-10H2,1-2H3. The Bertz CT molecular complexity index is 383. The van der Waals surface area contributed by atoms with Crippen LogP contribution in [-0.2, 0) is 0 Å². The molecular formula is C14H23N3O. The van der Waals surface area contributed by atoms with Gasteiger partial charge in [-0.25, -0.2) is 0 Å². The normalized spacial score (nSPS) is 52.2. The van der Waals surface area contributed by atoms with Gasteiger partial charge in [0.1, 0.15) is 0 Å². The smallest absolute Gasteiger partial charge is 0.0739 e. The quantitative estimate of drug-likeness (QED) is 0.525. The third-order valence-corrected chi connectivity index (χ3v) is 5.98. The van der Waals surface area contributed by atoms with Gasteiger partial charge in [0.25, 0.3) is 0 Å². The van der Waals surface area contributed by atoms with Gasteiger partial charge >= 0.3 is 0 Å². The summed E-state index contributed by atoms with van der Waals surface area (Å²) in [5.41, 5.74) is 1.54. The summed E-state index contributed by atoms with van der Waals surface area (Å²) in [7, 11) is 0. The van der Waals surface area contributed by atoms with E-state index in [1.165, 1.54) is 25.7 Å². The van der Waals surface area contributed by atoms with Gasteiger partial charge in [-0.05, 0) is 12.8 Å². The molecule has 5 rings (SSSR count). The summed E-state index contributed by atoms with van der Waals surface area (Å²) in [6.45, 7) is 8.88. The Labute approximate surface area is 109 Å². The van der Waals surface area contributed by atoms with E-state index in [1.54, 1.807) is 0 Å². The zero-order valence-electron chi connectivity index (χ0n) is 11.4. The number of nitrogens with zero attached hydrogens (tertiary/aromatic N) is 3. The minimum atomic E-state index is 0.0633. The molecule has 18 heavy (non-hydrogen) atoms. The Hall–Kier alpha value is -0.610. The lowest BCUT2D eigenvalue weighted by atomic mass is 9.60. The van der Waals surface area contributed by atoms with Crippen LogP contribution in [0.5, 0.6) is 0 Å². The minimum Gasteiger partial charge on any atom is -0.411 e. The van der Waals surface area contributed by atoms with Crippen LogP contribution in [0.2, 0.25) is 0 Å². The third kappa shape index (κ3) is 1.08. The fraction of sp³-hybridized carbons (Fsp3) is 0.929. The van der Waals surface area contributed by atoms with Crippen molar-refractivity contribution in [1.82, 2.24) is 9.80 Å². The van der Waals surface area contributed by atoms with Crippen LogP contribution in [0.1, 0.15) is 39.5 Å². The Morgan fingerprint density at radius 3 is 1.78 bits per heavy atom. The molecule has 4 aliphatic heterocycles. The summed E-state index contributed by atoms with van der Waals surface area (Å²) >= 11 is 0. The van der Waals surface area contributed by atoms with E-state index < -0.39 is 0 Å². The van der Waals surface area contributed by atoms with Gasteiger partial charge < -0.3 is 5.21 Å². The molecular weight excluding hydrogens is 226 g/mol. The second-order valence-corrected chi connectivity index (χ2v) is 7.47. The molecule has 5 fully saturated rings. The van der Waals surface area contributed by atoms with Crippen LogP contribution in [0, 0.1) is 10.8 Å². The highest BCUT2D eigenvalue weighted by molar-refractivity contribution is 5.97. The maximum absolute atomic E-state index is 9.44. The van der Waals surface area contributed by atoms with Crippen LogP contribution in [0.3, 0.4) is 0 Å². The van der Waals surface area contributed by atoms with Gasteiger partial charge in [-0.3, -0.25) is 9.80 Å². The number of hydrogen-bond donors (Lipinski definition) is 1. The van der Waals surface area contributed by atoms with Crippen LogP contribution >= 0.6 is 0 Å². The lowest BCUT2D eigenvalue weighted by Crippen LogP contribution is -2.82. The van der Waals surface area contributed by atoms with Crippen molar-refractivity contribution in [3.05, 3.63) is 0 Å². The van der Waals surface area contributed by atoms with Crippen molar-refractivity contribution < 1.29 is 5.21 Å². The molecule has 0 atom stereocenters. The summed E-state index contributed by atoms with van der Waals surface area (Å²) in [6, 6.07) is 0. The van der Waals surface area contributed by atoms with E-state index in [2.05, 4.69) is 28.8 Å². The maximum Gasteiger partial charge on any atom is 0.0739 e. The zero-order chi connectivity index (χ0) is 12.6. The highest BCUT2D eigenvalue weighted by Crippen LogP contribution is 2.56. The summed E-state index contributed by atoms with van der Waals surface area (Å²) < 4.78 is 0. The van der Waals surface area contributed by atoms with E-state index in [0.29, 0.717) is 5.66 Å². The molecule has 0 amide bonds. The first kappa shape index (κ1) is 11.2. The Morgan fingerprint density at radius 1 is 0.944 bits per heavy atom. The summed E-state index contributed by atoms with van der Waals surface area (Å²) in [5, 5.41) is 13.1. The average Bonchev–Trinajstić information content (AvgIpc) is 2.73. The molecule has 4 heteroatoms. The molecule has 0 aromatic heterocycles. The van der Waals surface area contributed by atoms with Gasteiger partial charge in [-0.1, -0.05) is 31.8 Å². The second-order valence-electron chi connectivity index (χ2n) is 7.47. The van der Waals surface area contributed by atoms with Gasteiger partial charge in [-0.2, -0.15) is 0 Å². The maximum atomic E-state index is 9.44. The largest absolute Gasteiger partial charge is 0.411 e. The number of piperidine rings is 2. The van der Waals surface area contributed by atoms with E-state index in [-0.39, 0.29) is 10.8 Å². The van der Waals surface area contributed by atoms with Crippen molar-refractivity contribution in [1.29, 1.82) is 0 Å². The van der Waals surface area contributed by atoms with E-state index in [4.69, 9.17) is 0 Å². The Balaban J connectivity index is 1.81. The predicted molar refractivity (Wildman–Crippen MR) is 69.8 cm³/mol. The summed E-state index contributed by atoms with van der Waals surface area (Å²) in [4.78, 5) is 5.42. The molecule has 5 aliphatic rings. The molecule has 1 N–H and O–H groups in total. The van der Waals surface area contributed by atoms with Crippen LogP contribution in [0.25, 0.3) is 0 Å². The monoisotopic (exact) mass is 249 g/mol. The lowest BCUT2D eigenvalue weighted by molar-refractivity contribution is -0.189. The molecule has 4 nitrogen and oxygen atoms in total. The van der Waals surface area contributed by atoms with Crippen molar-refractivity contribution in [3.8, 4) is 0 Å². The van der Waals surface area contributed by atoms with Crippen LogP contribution in [-0.4, -0.2) is 52.6 Å². The first-order chi connectivity index (χ1) is 8.52. The van der Waals surface area contributed by atoms with Gasteiger partial charge in [0, 0.05) is 37.0 Å². The predicted octanol–water partition coefficient (Wildman–Crippen LogP) is 1.74. The van der Waals surface area contributed by atoms with Gasteiger partial charge in [0.2, 0.25) is 0 Å². The molecule has 1 spiro atoms. The first-order valence-electron chi connectivity index (χ1n) is 7.26. The fourth-order valence-corrected chi connectivity index (χ4v) is 5.53. The fourth-order valence-electron chi connectivity index (χ4n) is 5.53. The topological polar surface area (TPSA) is 39.1 Å². The van der Waals surface area contributed by atoms with Crippen LogP contribution < -0.4 is 0 Å². The van der Waals surface area contributed by atoms with E-state index in [0.717, 1.165) is 31.9 Å². The molecule has 0 aromatic carbocycles. The van der Waals surface area contributed by atoms with Crippen molar-refractivity contribution in [2.75, 3.05) is 26.2 Å². The number of rotatable bonds is 0. The molecule has 0 unspecified atom stereocenters. The summed E-state index contributed by atoms with van der Waals surface area (Å²) in [5.74, 6) is 0. The Kier molecular flexibility index (Phi) is 1.93. The molecule has 4 saturated heterocycles. The molecule has 4 bridgehead atoms. The highest BCUT2D eigenvalue weighted by Gasteiger charge is 2.65. The molecule has 0 radical (unpaired) electrons. The van der Waals surface area contributed by atoms with Crippen LogP contribution in [0.15, 0.2) is 5.16 Å². The zero-order valence-corrected chi connectivity index (χ0v) is 11.4. The third-order valence-electron chi connectivity index (χ3n) is 5.98. The molecule has 4 heterocycles. The molecule has 1 saturated carbocycles. The van der Waals surface area contributed by atoms with Crippen molar-refractivity contribution in [3.63, 3.8) is 0 Å². The highest BCUT2D eigenvalue weighted by atomic mass is 16.4. The van der Waals surface area contributed by atoms with Gasteiger partial charge in [0.15, 0.2) is 0 Å². The first-order valence-corrected chi connectivity index (χ1v) is 7.26. The van der Waals surface area contributed by atoms with Crippen molar-refractivity contribution in [2.45, 2.75) is 45.2 Å². The SMILES string of the molecule is CC12CN3CC(C)(CN(C1)C31CCCC1)C2=NO. The lowest BCUT2D eigenvalue weighted by Gasteiger charge is -2.70. The number of oxime groups is 1. The Morgan fingerprint density at radius 2 is 1.39 bits per heavy atom. The van der Waals surface area contributed by atoms with Crippen molar-refractivity contribution >= 4 is 5.71 Å². The van der Waals surface area contributed by atoms with E-state index in [1.807, 2.05) is 0 Å². The van der Waals surface area contributed by atoms with Crippen LogP contribution in [0.4, 0.5) is 0 Å². The van der Waals surface area contributed by atoms with E-state index in [9.17, 15) is 5.21 Å². The second kappa shape index (κ2) is 3.10. The minimum absolute atomic E-state index is 0.0633. The van der Waals surface area contributed by atoms with Crippen molar-refractivity contribution in [2.24, 2.45) is 16.0 Å². The molecule has 100 valence electrons. The molecule has 1 aliphatic carbocycles. The summed E-state index contributed by atoms with van der Waals surface area (Å²) in [6.07, 6.45) is 5.43. The number of hydrogen-bond acceptors (Lipinski definition) is 4.